The van der Waals surface area contributed by atoms with Gasteiger partial charge < -0.3 is 0 Å². The summed E-state index contributed by atoms with van der Waals surface area (Å²) >= 11 is 3.21. The van der Waals surface area contributed by atoms with Crippen molar-refractivity contribution in [2.45, 2.75) is 6.18 Å². The van der Waals surface area contributed by atoms with Gasteiger partial charge in [0.05, 0.1) is 5.56 Å². The molecule has 0 aliphatic heterocycles. The van der Waals surface area contributed by atoms with Crippen LogP contribution in [0.1, 0.15) is 5.56 Å². The molecule has 88 valence electrons. The maximum Gasteiger partial charge on any atom is 0.416 e. The Balaban J connectivity index is 2.55. The molecule has 0 fully saturated rings. The Labute approximate surface area is 104 Å². The number of hydrogen-bond acceptors (Lipinski definition) is 2. The van der Waals surface area contributed by atoms with E-state index >= 15 is 0 Å². The Morgan fingerprint density at radius 2 is 1.71 bits per heavy atom. The predicted octanol–water partition coefficient (Wildman–Crippen LogP) is 3.92. The summed E-state index contributed by atoms with van der Waals surface area (Å²) in [6.07, 6.45) is -0.101. The van der Waals surface area contributed by atoms with Gasteiger partial charge in [0, 0.05) is 22.4 Å². The third kappa shape index (κ3) is 2.63. The van der Waals surface area contributed by atoms with E-state index in [2.05, 4.69) is 25.9 Å². The molecule has 0 radical (unpaired) electrons. The fourth-order valence-electron chi connectivity index (χ4n) is 1.36. The molecule has 2 nitrogen and oxygen atoms in total. The van der Waals surface area contributed by atoms with Gasteiger partial charge in [0.1, 0.15) is 6.33 Å². The maximum atomic E-state index is 12.6. The predicted molar refractivity (Wildman–Crippen MR) is 60.2 cm³/mol. The highest BCUT2D eigenvalue weighted by molar-refractivity contribution is 9.10. The largest absolute Gasteiger partial charge is 0.416 e. The average molecular weight is 303 g/mol. The van der Waals surface area contributed by atoms with Crippen molar-refractivity contribution in [3.63, 3.8) is 0 Å². The first-order chi connectivity index (χ1) is 7.98. The van der Waals surface area contributed by atoms with Crippen molar-refractivity contribution in [3.8, 4) is 11.1 Å². The lowest BCUT2D eigenvalue weighted by Gasteiger charge is -2.10. The highest BCUT2D eigenvalue weighted by Gasteiger charge is 2.30. The van der Waals surface area contributed by atoms with Gasteiger partial charge in [0.25, 0.3) is 0 Å². The highest BCUT2D eigenvalue weighted by atomic mass is 79.9. The van der Waals surface area contributed by atoms with Crippen LogP contribution in [-0.2, 0) is 6.18 Å². The first-order valence-corrected chi connectivity index (χ1v) is 5.40. The average Bonchev–Trinajstić information content (AvgIpc) is 2.29. The van der Waals surface area contributed by atoms with Gasteiger partial charge in [-0.1, -0.05) is 15.9 Å². The quantitative estimate of drug-likeness (QED) is 0.798. The lowest BCUT2D eigenvalue weighted by molar-refractivity contribution is -0.137. The fraction of sp³-hybridized carbons (Fsp3) is 0.0909. The second kappa shape index (κ2) is 4.44. The van der Waals surface area contributed by atoms with Crippen LogP contribution in [0.3, 0.4) is 0 Å². The van der Waals surface area contributed by atoms with Crippen molar-refractivity contribution in [1.29, 1.82) is 0 Å². The Morgan fingerprint density at radius 1 is 1.06 bits per heavy atom. The van der Waals surface area contributed by atoms with E-state index in [0.29, 0.717) is 15.6 Å². The third-order valence-corrected chi connectivity index (χ3v) is 2.86. The molecule has 17 heavy (non-hydrogen) atoms. The molecular weight excluding hydrogens is 297 g/mol. The molecule has 1 aromatic heterocycles. The standard InChI is InChI=1S/C11H6BrF3N2/c12-10-2-1-8(11(13,14)15)3-9(10)7-4-16-6-17-5-7/h1-6H. The number of benzene rings is 1. The molecule has 0 saturated heterocycles. The number of aromatic nitrogens is 2. The number of halogens is 4. The second-order valence-corrected chi connectivity index (χ2v) is 4.17. The van der Waals surface area contributed by atoms with E-state index in [1.54, 1.807) is 0 Å². The summed E-state index contributed by atoms with van der Waals surface area (Å²) in [5, 5.41) is 0. The van der Waals surface area contributed by atoms with Gasteiger partial charge in [-0.25, -0.2) is 9.97 Å². The minimum absolute atomic E-state index is 0.417. The number of alkyl halides is 3. The summed E-state index contributed by atoms with van der Waals surface area (Å²) < 4.78 is 38.3. The molecule has 6 heteroatoms. The smallest absolute Gasteiger partial charge is 0.244 e. The van der Waals surface area contributed by atoms with Crippen molar-refractivity contribution in [3.05, 3.63) is 47.0 Å². The molecule has 0 N–H and O–H groups in total. The lowest BCUT2D eigenvalue weighted by Crippen LogP contribution is -2.04. The van der Waals surface area contributed by atoms with E-state index in [0.717, 1.165) is 12.1 Å². The zero-order chi connectivity index (χ0) is 12.5. The zero-order valence-corrected chi connectivity index (χ0v) is 9.96. The molecule has 2 aromatic rings. The van der Waals surface area contributed by atoms with Gasteiger partial charge in [-0.15, -0.1) is 0 Å². The van der Waals surface area contributed by atoms with Gasteiger partial charge in [0.15, 0.2) is 0 Å². The monoisotopic (exact) mass is 302 g/mol. The van der Waals surface area contributed by atoms with Crippen molar-refractivity contribution < 1.29 is 13.2 Å². The summed E-state index contributed by atoms with van der Waals surface area (Å²) in [5.74, 6) is 0. The van der Waals surface area contributed by atoms with Crippen LogP contribution in [0.4, 0.5) is 13.2 Å². The van der Waals surface area contributed by atoms with E-state index in [1.807, 2.05) is 0 Å². The molecular formula is C11H6BrF3N2. The van der Waals surface area contributed by atoms with E-state index in [9.17, 15) is 13.2 Å². The molecule has 0 spiro atoms. The second-order valence-electron chi connectivity index (χ2n) is 3.32. The molecule has 0 bridgehead atoms. The topological polar surface area (TPSA) is 25.8 Å². The molecule has 0 atom stereocenters. The third-order valence-electron chi connectivity index (χ3n) is 2.17. The number of rotatable bonds is 1. The van der Waals surface area contributed by atoms with Crippen LogP contribution >= 0.6 is 15.9 Å². The number of hydrogen-bond donors (Lipinski definition) is 0. The van der Waals surface area contributed by atoms with Gasteiger partial charge >= 0.3 is 6.18 Å². The van der Waals surface area contributed by atoms with Crippen molar-refractivity contribution in [1.82, 2.24) is 9.97 Å². The summed E-state index contributed by atoms with van der Waals surface area (Å²) in [4.78, 5) is 7.56. The molecule has 0 amide bonds. The summed E-state index contributed by atoms with van der Waals surface area (Å²) in [6, 6.07) is 3.46. The van der Waals surface area contributed by atoms with Crippen LogP contribution in [0.2, 0.25) is 0 Å². The Morgan fingerprint density at radius 3 is 2.29 bits per heavy atom. The zero-order valence-electron chi connectivity index (χ0n) is 8.37. The van der Waals surface area contributed by atoms with Crippen LogP contribution in [0, 0.1) is 0 Å². The first-order valence-electron chi connectivity index (χ1n) is 4.60. The van der Waals surface area contributed by atoms with E-state index in [4.69, 9.17) is 0 Å². The van der Waals surface area contributed by atoms with E-state index in [1.165, 1.54) is 24.8 Å². The summed E-state index contributed by atoms with van der Waals surface area (Å²) in [5.41, 5.74) is 0.255. The lowest BCUT2D eigenvalue weighted by atomic mass is 10.1. The fourth-order valence-corrected chi connectivity index (χ4v) is 1.84. The van der Waals surface area contributed by atoms with Crippen LogP contribution in [-0.4, -0.2) is 9.97 Å². The SMILES string of the molecule is FC(F)(F)c1ccc(Br)c(-c2cncnc2)c1. The molecule has 0 saturated carbocycles. The normalized spacial score (nSPS) is 11.5. The summed E-state index contributed by atoms with van der Waals surface area (Å²) in [7, 11) is 0. The molecule has 0 aliphatic rings. The van der Waals surface area contributed by atoms with Crippen LogP contribution in [0.25, 0.3) is 11.1 Å². The molecule has 1 heterocycles. The van der Waals surface area contributed by atoms with Crippen molar-refractivity contribution in [2.24, 2.45) is 0 Å². The minimum Gasteiger partial charge on any atom is -0.244 e. The minimum atomic E-state index is -4.36. The maximum absolute atomic E-state index is 12.6. The van der Waals surface area contributed by atoms with Gasteiger partial charge in [0.2, 0.25) is 0 Å². The van der Waals surface area contributed by atoms with E-state index in [-0.39, 0.29) is 0 Å². The molecule has 0 unspecified atom stereocenters. The number of nitrogens with zero attached hydrogens (tertiary/aromatic N) is 2. The van der Waals surface area contributed by atoms with Gasteiger partial charge in [-0.3, -0.25) is 0 Å². The Kier molecular flexibility index (Phi) is 3.15. The Hall–Kier alpha value is -1.43. The van der Waals surface area contributed by atoms with E-state index < -0.39 is 11.7 Å². The molecule has 1 aromatic carbocycles. The van der Waals surface area contributed by atoms with Crippen molar-refractivity contribution in [2.75, 3.05) is 0 Å². The molecule has 2 rings (SSSR count). The van der Waals surface area contributed by atoms with Crippen LogP contribution in [0.5, 0.6) is 0 Å². The summed E-state index contributed by atoms with van der Waals surface area (Å²) in [6.45, 7) is 0. The first kappa shape index (κ1) is 12.0. The van der Waals surface area contributed by atoms with Gasteiger partial charge in [-0.2, -0.15) is 13.2 Å². The van der Waals surface area contributed by atoms with Gasteiger partial charge in [-0.05, 0) is 23.8 Å². The molecule has 0 aliphatic carbocycles. The highest BCUT2D eigenvalue weighted by Crippen LogP contribution is 2.35. The van der Waals surface area contributed by atoms with Crippen LogP contribution < -0.4 is 0 Å². The Bertz CT molecular complexity index is 526. The van der Waals surface area contributed by atoms with Crippen LogP contribution in [0.15, 0.2) is 41.4 Å². The van der Waals surface area contributed by atoms with Crippen molar-refractivity contribution >= 4 is 15.9 Å².